The second kappa shape index (κ2) is 4.83. The molecule has 15 heavy (non-hydrogen) atoms. The molecule has 1 aromatic heterocycles. The number of aromatic nitrogens is 1. The molecule has 0 aliphatic heterocycles. The highest BCUT2D eigenvalue weighted by atomic mass is 79.9. The highest BCUT2D eigenvalue weighted by Gasteiger charge is 2.17. The number of nitrogens with two attached hydrogens (primary N) is 1. The monoisotopic (exact) mass is 276 g/mol. The second-order valence-corrected chi connectivity index (χ2v) is 3.02. The summed E-state index contributed by atoms with van der Waals surface area (Å²) in [6.45, 7) is 0. The minimum absolute atomic E-state index is 0.0378. The molecule has 2 N–H and O–H groups in total. The van der Waals surface area contributed by atoms with Crippen LogP contribution in [0.5, 0.6) is 5.88 Å². The van der Waals surface area contributed by atoms with E-state index in [2.05, 4.69) is 25.7 Å². The molecule has 0 aliphatic rings. The zero-order chi connectivity index (χ0) is 11.4. The van der Waals surface area contributed by atoms with Crippen molar-refractivity contribution in [3.05, 3.63) is 23.6 Å². The molecule has 0 saturated carbocycles. The maximum absolute atomic E-state index is 13.4. The fourth-order valence-electron chi connectivity index (χ4n) is 0.878. The summed E-state index contributed by atoms with van der Waals surface area (Å²) in [4.78, 5) is 25.0. The third kappa shape index (κ3) is 2.72. The minimum Gasteiger partial charge on any atom is -0.388 e. The van der Waals surface area contributed by atoms with Crippen LogP contribution in [0, 0.1) is 5.82 Å². The van der Waals surface area contributed by atoms with Gasteiger partial charge in [0.05, 0.1) is 10.9 Å². The van der Waals surface area contributed by atoms with Gasteiger partial charge in [-0.15, -0.1) is 0 Å². The Morgan fingerprint density at radius 3 is 2.80 bits per heavy atom. The molecule has 80 valence electrons. The van der Waals surface area contributed by atoms with Crippen molar-refractivity contribution in [3.8, 4) is 5.88 Å². The lowest BCUT2D eigenvalue weighted by atomic mass is 10.2. The summed E-state index contributed by atoms with van der Waals surface area (Å²) in [5.74, 6) is -2.08. The van der Waals surface area contributed by atoms with Crippen LogP contribution in [0.25, 0.3) is 0 Å². The average molecular weight is 277 g/mol. The van der Waals surface area contributed by atoms with Crippen molar-refractivity contribution in [2.45, 2.75) is 0 Å². The number of Topliss-reactive ketones (excluding diaryl/α,β-unsaturated/α-hetero) is 1. The molecule has 0 bridgehead atoms. The van der Waals surface area contributed by atoms with E-state index >= 15 is 0 Å². The number of pyridine rings is 1. The zero-order valence-corrected chi connectivity index (χ0v) is 8.95. The van der Waals surface area contributed by atoms with E-state index in [1.807, 2.05) is 0 Å². The van der Waals surface area contributed by atoms with E-state index in [1.54, 1.807) is 0 Å². The molecular weight excluding hydrogens is 271 g/mol. The molecule has 1 heterocycles. The van der Waals surface area contributed by atoms with E-state index in [0.29, 0.717) is 0 Å². The lowest BCUT2D eigenvalue weighted by Crippen LogP contribution is -2.18. The molecule has 0 aliphatic carbocycles. The average Bonchev–Trinajstić information content (AvgIpc) is 2.19. The smallest absolute Gasteiger partial charge is 0.388 e. The first-order valence-corrected chi connectivity index (χ1v) is 4.89. The van der Waals surface area contributed by atoms with Crippen molar-refractivity contribution >= 4 is 27.8 Å². The molecular formula is C8H6BrFN2O3. The van der Waals surface area contributed by atoms with Gasteiger partial charge in [0, 0.05) is 6.20 Å². The predicted octanol–water partition coefficient (Wildman–Crippen LogP) is 1.26. The van der Waals surface area contributed by atoms with Crippen LogP contribution in [-0.2, 0) is 0 Å². The van der Waals surface area contributed by atoms with E-state index < -0.39 is 23.6 Å². The van der Waals surface area contributed by atoms with Crippen LogP contribution in [0.4, 0.5) is 9.18 Å². The normalized spacial score (nSPS) is 9.73. The number of halogens is 2. The second-order valence-electron chi connectivity index (χ2n) is 2.46. The maximum Gasteiger partial charge on any atom is 0.411 e. The summed E-state index contributed by atoms with van der Waals surface area (Å²) in [6, 6.07) is 1.19. The number of carbonyl (C=O) groups excluding carboxylic acids is 2. The molecule has 5 nitrogen and oxygen atoms in total. The maximum atomic E-state index is 13.4. The zero-order valence-electron chi connectivity index (χ0n) is 7.37. The van der Waals surface area contributed by atoms with Crippen molar-refractivity contribution in [3.63, 3.8) is 0 Å². The van der Waals surface area contributed by atoms with Gasteiger partial charge in [0.25, 0.3) is 5.88 Å². The minimum atomic E-state index is -1.19. The SMILES string of the molecule is NC(=O)Oc1nccc(C(=O)CBr)c1F. The first kappa shape index (κ1) is 11.6. The van der Waals surface area contributed by atoms with Gasteiger partial charge in [-0.25, -0.2) is 14.2 Å². The van der Waals surface area contributed by atoms with Crippen LogP contribution < -0.4 is 10.5 Å². The van der Waals surface area contributed by atoms with E-state index in [4.69, 9.17) is 5.73 Å². The number of amides is 1. The van der Waals surface area contributed by atoms with Crippen molar-refractivity contribution in [2.24, 2.45) is 5.73 Å². The Hall–Kier alpha value is -1.50. The standard InChI is InChI=1S/C8H6BrFN2O3/c9-3-5(13)4-1-2-12-7(6(4)10)15-8(11)14/h1-2H,3H2,(H2,11,14). The number of primary amides is 1. The Bertz CT molecular complexity index is 411. The number of ketones is 1. The molecule has 0 spiro atoms. The molecule has 1 amide bonds. The number of nitrogens with zero attached hydrogens (tertiary/aromatic N) is 1. The van der Waals surface area contributed by atoms with Crippen molar-refractivity contribution < 1.29 is 18.7 Å². The number of carbonyl (C=O) groups is 2. The molecule has 0 aromatic carbocycles. The Labute approximate surface area is 92.6 Å². The number of alkyl halides is 1. The van der Waals surface area contributed by atoms with Crippen LogP contribution in [0.3, 0.4) is 0 Å². The molecule has 0 saturated heterocycles. The molecule has 0 atom stereocenters. The third-order valence-electron chi connectivity index (χ3n) is 1.48. The molecule has 0 unspecified atom stereocenters. The molecule has 0 fully saturated rings. The summed E-state index contributed by atoms with van der Waals surface area (Å²) in [7, 11) is 0. The summed E-state index contributed by atoms with van der Waals surface area (Å²) < 4.78 is 17.7. The molecule has 7 heteroatoms. The van der Waals surface area contributed by atoms with E-state index in [1.165, 1.54) is 6.07 Å². The highest BCUT2D eigenvalue weighted by Crippen LogP contribution is 2.18. The summed E-state index contributed by atoms with van der Waals surface area (Å²) in [5, 5.41) is -0.0378. The lowest BCUT2D eigenvalue weighted by Gasteiger charge is -2.03. The van der Waals surface area contributed by atoms with Gasteiger partial charge >= 0.3 is 6.09 Å². The summed E-state index contributed by atoms with van der Waals surface area (Å²) in [5.41, 5.74) is 4.48. The van der Waals surface area contributed by atoms with Gasteiger partial charge in [0.15, 0.2) is 11.6 Å². The highest BCUT2D eigenvalue weighted by molar-refractivity contribution is 9.09. The Balaban J connectivity index is 3.11. The van der Waals surface area contributed by atoms with Crippen molar-refractivity contribution in [1.29, 1.82) is 0 Å². The Morgan fingerprint density at radius 2 is 2.27 bits per heavy atom. The van der Waals surface area contributed by atoms with Crippen LogP contribution in [0.2, 0.25) is 0 Å². The van der Waals surface area contributed by atoms with Crippen LogP contribution in [0.1, 0.15) is 10.4 Å². The summed E-state index contributed by atoms with van der Waals surface area (Å²) >= 11 is 2.89. The predicted molar refractivity (Wildman–Crippen MR) is 52.5 cm³/mol. The van der Waals surface area contributed by atoms with Crippen molar-refractivity contribution in [2.75, 3.05) is 5.33 Å². The van der Waals surface area contributed by atoms with Gasteiger partial charge in [0.2, 0.25) is 0 Å². The van der Waals surface area contributed by atoms with Crippen LogP contribution in [-0.4, -0.2) is 22.2 Å². The largest absolute Gasteiger partial charge is 0.411 e. The van der Waals surface area contributed by atoms with Gasteiger partial charge in [-0.2, -0.15) is 0 Å². The van der Waals surface area contributed by atoms with E-state index in [9.17, 15) is 14.0 Å². The van der Waals surface area contributed by atoms with Crippen molar-refractivity contribution in [1.82, 2.24) is 4.98 Å². The fraction of sp³-hybridized carbons (Fsp3) is 0.125. The van der Waals surface area contributed by atoms with Gasteiger partial charge in [0.1, 0.15) is 0 Å². The number of ether oxygens (including phenoxy) is 1. The molecule has 1 aromatic rings. The van der Waals surface area contributed by atoms with E-state index in [0.717, 1.165) is 6.20 Å². The Kier molecular flexibility index (Phi) is 3.73. The van der Waals surface area contributed by atoms with E-state index in [-0.39, 0.29) is 10.9 Å². The first-order valence-electron chi connectivity index (χ1n) is 3.77. The number of rotatable bonds is 3. The van der Waals surface area contributed by atoms with Gasteiger partial charge in [-0.05, 0) is 6.07 Å². The van der Waals surface area contributed by atoms with Gasteiger partial charge < -0.3 is 10.5 Å². The number of hydrogen-bond acceptors (Lipinski definition) is 4. The quantitative estimate of drug-likeness (QED) is 0.666. The lowest BCUT2D eigenvalue weighted by molar-refractivity contribution is 0.101. The molecule has 0 radical (unpaired) electrons. The topological polar surface area (TPSA) is 82.3 Å². The first-order chi connectivity index (χ1) is 7.06. The number of hydrogen-bond donors (Lipinski definition) is 1. The van der Waals surface area contributed by atoms with Gasteiger partial charge in [-0.1, -0.05) is 15.9 Å². The molecule has 1 rings (SSSR count). The van der Waals surface area contributed by atoms with Crippen LogP contribution >= 0.6 is 15.9 Å². The van der Waals surface area contributed by atoms with Gasteiger partial charge in [-0.3, -0.25) is 4.79 Å². The van der Waals surface area contributed by atoms with Crippen LogP contribution in [0.15, 0.2) is 12.3 Å². The third-order valence-corrected chi connectivity index (χ3v) is 1.99. The summed E-state index contributed by atoms with van der Waals surface area (Å²) in [6.07, 6.45) is -0.0399. The Morgan fingerprint density at radius 1 is 1.60 bits per heavy atom. The fourth-order valence-corrected chi connectivity index (χ4v) is 1.18.